The predicted octanol–water partition coefficient (Wildman–Crippen LogP) is 4.43. The third-order valence-electron chi connectivity index (χ3n) is 5.77. The normalized spacial score (nSPS) is 16.2. The van der Waals surface area contributed by atoms with Gasteiger partial charge in [0.05, 0.1) is 10.8 Å². The minimum Gasteiger partial charge on any atom is -0.454 e. The van der Waals surface area contributed by atoms with Gasteiger partial charge in [-0.1, -0.05) is 42.5 Å². The third kappa shape index (κ3) is 4.85. The topological polar surface area (TPSA) is 107 Å². The molecule has 8 nitrogen and oxygen atoms in total. The quantitative estimate of drug-likeness (QED) is 0.224. The number of benzene rings is 3. The van der Waals surface area contributed by atoms with E-state index in [0.29, 0.717) is 11.3 Å². The molecule has 1 saturated heterocycles. The van der Waals surface area contributed by atoms with Crippen molar-refractivity contribution in [2.75, 3.05) is 11.4 Å². The summed E-state index contributed by atoms with van der Waals surface area (Å²) in [5.74, 6) is -1.73. The van der Waals surface area contributed by atoms with Gasteiger partial charge in [-0.3, -0.25) is 24.5 Å². The van der Waals surface area contributed by atoms with Crippen LogP contribution in [-0.2, 0) is 14.3 Å². The van der Waals surface area contributed by atoms with Gasteiger partial charge in [-0.2, -0.15) is 0 Å². The number of esters is 1. The summed E-state index contributed by atoms with van der Waals surface area (Å²) >= 11 is 0. The molecule has 1 fully saturated rings. The zero-order valence-electron chi connectivity index (χ0n) is 18.4. The van der Waals surface area contributed by atoms with Crippen molar-refractivity contribution in [1.82, 2.24) is 0 Å². The Kier molecular flexibility index (Phi) is 6.49. The summed E-state index contributed by atoms with van der Waals surface area (Å²) in [6.07, 6.45) is -0.935. The number of non-ortho nitro benzene ring substituents is 1. The van der Waals surface area contributed by atoms with Crippen molar-refractivity contribution < 1.29 is 24.0 Å². The third-order valence-corrected chi connectivity index (χ3v) is 5.77. The minimum atomic E-state index is -0.944. The molecule has 3 aromatic rings. The number of ether oxygens (including phenoxy) is 1. The average molecular weight is 458 g/mol. The molecule has 0 N–H and O–H groups in total. The standard InChI is InChI=1S/C26H22N2O6/c1-17(25(30)20-5-3-2-4-6-20)34-26(31)21-15-24(29)27(16-21)22-11-7-18(8-12-22)19-9-13-23(14-10-19)28(32)33/h2-14,17,21H,15-16H2,1H3/t17-,21+/m1/s1. The lowest BCUT2D eigenvalue weighted by molar-refractivity contribution is -0.384. The van der Waals surface area contributed by atoms with Crippen LogP contribution in [0.5, 0.6) is 0 Å². The van der Waals surface area contributed by atoms with E-state index in [4.69, 9.17) is 4.74 Å². The number of hydrogen-bond donors (Lipinski definition) is 0. The minimum absolute atomic E-state index is 0.00911. The number of ketones is 1. The number of hydrogen-bond acceptors (Lipinski definition) is 6. The lowest BCUT2D eigenvalue weighted by atomic mass is 10.0. The molecule has 0 aliphatic carbocycles. The van der Waals surface area contributed by atoms with Gasteiger partial charge in [-0.25, -0.2) is 0 Å². The Labute approximate surface area is 195 Å². The van der Waals surface area contributed by atoms with Crippen LogP contribution in [0.15, 0.2) is 78.9 Å². The molecule has 0 unspecified atom stereocenters. The molecule has 0 saturated carbocycles. The van der Waals surface area contributed by atoms with Gasteiger partial charge in [0.1, 0.15) is 0 Å². The SMILES string of the molecule is C[C@@H](OC(=O)[C@H]1CC(=O)N(c2ccc(-c3ccc([N+](=O)[O-])cc3)cc2)C1)C(=O)c1ccccc1. The van der Waals surface area contributed by atoms with Crippen molar-refractivity contribution in [3.8, 4) is 11.1 Å². The van der Waals surface area contributed by atoms with Crippen molar-refractivity contribution in [2.45, 2.75) is 19.4 Å². The first-order valence-electron chi connectivity index (χ1n) is 10.8. The second-order valence-electron chi connectivity index (χ2n) is 8.07. The second kappa shape index (κ2) is 9.66. The highest BCUT2D eigenvalue weighted by Crippen LogP contribution is 2.29. The van der Waals surface area contributed by atoms with E-state index in [1.165, 1.54) is 24.0 Å². The molecule has 1 aliphatic rings. The van der Waals surface area contributed by atoms with Gasteiger partial charge in [0.15, 0.2) is 6.10 Å². The van der Waals surface area contributed by atoms with Crippen LogP contribution in [0, 0.1) is 16.0 Å². The Morgan fingerprint density at radius 3 is 2.15 bits per heavy atom. The first-order valence-corrected chi connectivity index (χ1v) is 10.8. The maximum atomic E-state index is 12.6. The Morgan fingerprint density at radius 1 is 0.971 bits per heavy atom. The molecule has 8 heteroatoms. The van der Waals surface area contributed by atoms with E-state index in [1.54, 1.807) is 54.6 Å². The summed E-state index contributed by atoms with van der Waals surface area (Å²) in [5, 5.41) is 10.8. The maximum Gasteiger partial charge on any atom is 0.312 e. The summed E-state index contributed by atoms with van der Waals surface area (Å²) in [6, 6.07) is 22.0. The Hall–Kier alpha value is -4.33. The number of rotatable bonds is 7. The number of carbonyl (C=O) groups is 3. The summed E-state index contributed by atoms with van der Waals surface area (Å²) in [6.45, 7) is 1.69. The van der Waals surface area contributed by atoms with E-state index in [-0.39, 0.29) is 30.3 Å². The number of nitro benzene ring substituents is 1. The fourth-order valence-electron chi connectivity index (χ4n) is 3.89. The average Bonchev–Trinajstić information content (AvgIpc) is 3.26. The molecule has 4 rings (SSSR count). The lowest BCUT2D eigenvalue weighted by Gasteiger charge is -2.18. The van der Waals surface area contributed by atoms with Crippen LogP contribution in [0.25, 0.3) is 11.1 Å². The monoisotopic (exact) mass is 458 g/mol. The Balaban J connectivity index is 1.39. The molecular formula is C26H22N2O6. The molecule has 0 bridgehead atoms. The van der Waals surface area contributed by atoms with Gasteiger partial charge in [0, 0.05) is 36.3 Å². The van der Waals surface area contributed by atoms with E-state index < -0.39 is 22.9 Å². The summed E-state index contributed by atoms with van der Waals surface area (Å²) < 4.78 is 5.37. The van der Waals surface area contributed by atoms with Crippen molar-refractivity contribution in [3.05, 3.63) is 94.5 Å². The zero-order valence-corrected chi connectivity index (χ0v) is 18.4. The highest BCUT2D eigenvalue weighted by atomic mass is 16.6. The van der Waals surface area contributed by atoms with Crippen molar-refractivity contribution in [1.29, 1.82) is 0 Å². The molecule has 0 radical (unpaired) electrons. The van der Waals surface area contributed by atoms with Crippen molar-refractivity contribution >= 4 is 29.0 Å². The number of anilines is 1. The number of amides is 1. The maximum absolute atomic E-state index is 12.6. The first kappa shape index (κ1) is 22.8. The van der Waals surface area contributed by atoms with E-state index >= 15 is 0 Å². The van der Waals surface area contributed by atoms with Gasteiger partial charge < -0.3 is 9.64 Å². The van der Waals surface area contributed by atoms with E-state index in [9.17, 15) is 24.5 Å². The lowest BCUT2D eigenvalue weighted by Crippen LogP contribution is -2.30. The van der Waals surface area contributed by atoms with E-state index in [2.05, 4.69) is 0 Å². The summed E-state index contributed by atoms with van der Waals surface area (Å²) in [4.78, 5) is 49.6. The number of carbonyl (C=O) groups excluding carboxylic acids is 3. The van der Waals surface area contributed by atoms with Crippen LogP contribution in [-0.4, -0.2) is 35.2 Å². The molecule has 0 aromatic heterocycles. The fourth-order valence-corrected chi connectivity index (χ4v) is 3.89. The molecule has 1 amide bonds. The van der Waals surface area contributed by atoms with Crippen molar-refractivity contribution in [2.24, 2.45) is 5.92 Å². The highest BCUT2D eigenvalue weighted by molar-refractivity contribution is 6.02. The van der Waals surface area contributed by atoms with Crippen LogP contribution in [0.1, 0.15) is 23.7 Å². The van der Waals surface area contributed by atoms with Gasteiger partial charge in [-0.05, 0) is 42.3 Å². The smallest absolute Gasteiger partial charge is 0.312 e. The molecule has 172 valence electrons. The van der Waals surface area contributed by atoms with Gasteiger partial charge in [0.25, 0.3) is 5.69 Å². The summed E-state index contributed by atoms with van der Waals surface area (Å²) in [7, 11) is 0. The van der Waals surface area contributed by atoms with E-state index in [1.807, 2.05) is 12.1 Å². The first-order chi connectivity index (χ1) is 16.3. The molecular weight excluding hydrogens is 436 g/mol. The number of Topliss-reactive ketones (excluding diaryl/α,β-unsaturated/α-hetero) is 1. The van der Waals surface area contributed by atoms with Crippen LogP contribution < -0.4 is 4.90 Å². The molecule has 1 aliphatic heterocycles. The molecule has 2 atom stereocenters. The predicted molar refractivity (Wildman–Crippen MR) is 125 cm³/mol. The van der Waals surface area contributed by atoms with Crippen LogP contribution in [0.3, 0.4) is 0 Å². The molecule has 34 heavy (non-hydrogen) atoms. The van der Waals surface area contributed by atoms with Crippen LogP contribution in [0.4, 0.5) is 11.4 Å². The Bertz CT molecular complexity index is 1220. The second-order valence-corrected chi connectivity index (χ2v) is 8.07. The summed E-state index contributed by atoms with van der Waals surface area (Å²) in [5.41, 5.74) is 2.76. The largest absolute Gasteiger partial charge is 0.454 e. The van der Waals surface area contributed by atoms with E-state index in [0.717, 1.165) is 11.1 Å². The zero-order chi connectivity index (χ0) is 24.2. The molecule has 0 spiro atoms. The fraction of sp³-hybridized carbons (Fsp3) is 0.192. The van der Waals surface area contributed by atoms with Crippen molar-refractivity contribution in [3.63, 3.8) is 0 Å². The van der Waals surface area contributed by atoms with Gasteiger partial charge >= 0.3 is 5.97 Å². The molecule has 1 heterocycles. The van der Waals surface area contributed by atoms with Crippen LogP contribution in [0.2, 0.25) is 0 Å². The van der Waals surface area contributed by atoms with Crippen LogP contribution >= 0.6 is 0 Å². The van der Waals surface area contributed by atoms with Gasteiger partial charge in [-0.15, -0.1) is 0 Å². The Morgan fingerprint density at radius 2 is 1.56 bits per heavy atom. The molecule has 3 aromatic carbocycles. The number of nitro groups is 1. The highest BCUT2D eigenvalue weighted by Gasteiger charge is 2.37. The number of nitrogens with zero attached hydrogens (tertiary/aromatic N) is 2. The van der Waals surface area contributed by atoms with Gasteiger partial charge in [0.2, 0.25) is 11.7 Å².